The number of hydrogen-bond donors (Lipinski definition) is 2. The van der Waals surface area contributed by atoms with Gasteiger partial charge in [0.05, 0.1) is 11.3 Å². The fourth-order valence-corrected chi connectivity index (χ4v) is 4.32. The quantitative estimate of drug-likeness (QED) is 0.493. The van der Waals surface area contributed by atoms with E-state index in [9.17, 15) is 19.5 Å². The van der Waals surface area contributed by atoms with Crippen LogP contribution in [0.5, 0.6) is 0 Å². The first-order valence-corrected chi connectivity index (χ1v) is 9.40. The number of carbonyl (C=O) groups is 3. The summed E-state index contributed by atoms with van der Waals surface area (Å²) < 4.78 is 10.6. The lowest BCUT2D eigenvalue weighted by Crippen LogP contribution is -2.45. The molecule has 3 rings (SSSR count). The molecule has 0 spiro atoms. The minimum atomic E-state index is -1.60. The normalized spacial score (nSPS) is 21.5. The molecule has 1 unspecified atom stereocenters. The smallest absolute Gasteiger partial charge is 0.327 e. The molecule has 0 aromatic carbocycles. The second-order valence-electron chi connectivity index (χ2n) is 5.87. The molecule has 8 nitrogen and oxygen atoms in total. The maximum atomic E-state index is 13.1. The van der Waals surface area contributed by atoms with Crippen LogP contribution in [0.1, 0.15) is 19.3 Å². The number of thioether (sulfide) groups is 1. The van der Waals surface area contributed by atoms with Crippen molar-refractivity contribution in [1.82, 2.24) is 4.90 Å². The summed E-state index contributed by atoms with van der Waals surface area (Å²) in [5, 5.41) is 18.4. The predicted octanol–water partition coefficient (Wildman–Crippen LogP) is 2.66. The molecule has 28 heavy (non-hydrogen) atoms. The average molecular weight is 421 g/mol. The third-order valence-corrected chi connectivity index (χ3v) is 5.48. The van der Waals surface area contributed by atoms with Gasteiger partial charge in [0.1, 0.15) is 29.1 Å². The first-order valence-electron chi connectivity index (χ1n) is 8.18. The van der Waals surface area contributed by atoms with Crippen molar-refractivity contribution in [2.24, 2.45) is 0 Å². The zero-order valence-electron chi connectivity index (χ0n) is 14.4. The van der Waals surface area contributed by atoms with Crippen molar-refractivity contribution in [3.8, 4) is 0 Å². The van der Waals surface area contributed by atoms with Crippen molar-refractivity contribution in [3.05, 3.63) is 58.8 Å². The number of carboxylic acids is 2. The van der Waals surface area contributed by atoms with Gasteiger partial charge in [-0.25, -0.2) is 4.79 Å². The first-order chi connectivity index (χ1) is 13.4. The molecule has 0 radical (unpaired) electrons. The maximum Gasteiger partial charge on any atom is 0.327 e. The Bertz CT molecular complexity index is 898. The molecule has 2 N–H and O–H groups in total. The van der Waals surface area contributed by atoms with Crippen LogP contribution in [0.15, 0.2) is 58.8 Å². The number of aliphatic carboxylic acids is 2. The van der Waals surface area contributed by atoms with Gasteiger partial charge in [-0.05, 0) is 18.4 Å². The van der Waals surface area contributed by atoms with Crippen molar-refractivity contribution >= 4 is 46.1 Å². The van der Waals surface area contributed by atoms with E-state index in [0.29, 0.717) is 12.0 Å². The molecule has 1 saturated heterocycles. The van der Waals surface area contributed by atoms with E-state index in [2.05, 4.69) is 0 Å². The molecule has 3 aliphatic rings. The summed E-state index contributed by atoms with van der Waals surface area (Å²) in [7, 11) is 0. The highest BCUT2D eigenvalue weighted by molar-refractivity contribution is 8.26. The minimum absolute atomic E-state index is 0.0222. The number of amides is 1. The lowest BCUT2D eigenvalue weighted by molar-refractivity contribution is -0.150. The minimum Gasteiger partial charge on any atom is -0.481 e. The number of rotatable bonds is 6. The number of thiocarbonyl (C=S) groups is 1. The van der Waals surface area contributed by atoms with Gasteiger partial charge in [-0.3, -0.25) is 14.5 Å². The highest BCUT2D eigenvalue weighted by Crippen LogP contribution is 2.41. The van der Waals surface area contributed by atoms with Gasteiger partial charge >= 0.3 is 11.9 Å². The molecular weight excluding hydrogens is 406 g/mol. The molecule has 2 heterocycles. The third kappa shape index (κ3) is 4.02. The Balaban J connectivity index is 2.07. The van der Waals surface area contributed by atoms with Crippen LogP contribution in [-0.4, -0.2) is 43.3 Å². The van der Waals surface area contributed by atoms with Crippen LogP contribution in [0.3, 0.4) is 0 Å². The molecular formula is C18H15NO7S2. The van der Waals surface area contributed by atoms with Crippen LogP contribution in [0, 0.1) is 0 Å². The number of hydrogen-bond acceptors (Lipinski definition) is 7. The van der Waals surface area contributed by atoms with Gasteiger partial charge < -0.3 is 19.7 Å². The number of carboxylic acid groups (broad SMARTS) is 2. The molecule has 0 saturated carbocycles. The number of ether oxygens (including phenoxy) is 2. The van der Waals surface area contributed by atoms with Crippen LogP contribution in [0.2, 0.25) is 0 Å². The molecule has 0 bridgehead atoms. The lowest BCUT2D eigenvalue weighted by atomic mass is 9.95. The van der Waals surface area contributed by atoms with Crippen molar-refractivity contribution in [3.63, 3.8) is 0 Å². The van der Waals surface area contributed by atoms with E-state index >= 15 is 0 Å². The summed E-state index contributed by atoms with van der Waals surface area (Å²) in [6.07, 6.45) is 10.3. The van der Waals surface area contributed by atoms with Gasteiger partial charge in [0.15, 0.2) is 5.76 Å². The molecule has 146 valence electrons. The standard InChI is InChI=1S/C18H15NO7S2/c20-13(21)8-11(17(23)24)19-16(22)15(28-18(19)27)14(10-4-2-1-3-5-10)12-9-25-6-7-26-12/h1-2,4,6-7,9,11H,3,5,8H2,(H,20,21)(H,23,24). The SMILES string of the molecule is O=C(O)CC(C(=O)O)N1C(=O)C(=C(C2=CC=CCC2)C2=COC=CO2)SC1=S. The van der Waals surface area contributed by atoms with Crippen molar-refractivity contribution in [2.75, 3.05) is 0 Å². The molecule has 0 aromatic rings. The van der Waals surface area contributed by atoms with Crippen LogP contribution < -0.4 is 0 Å². The first kappa shape index (κ1) is 19.9. The van der Waals surface area contributed by atoms with E-state index in [-0.39, 0.29) is 15.0 Å². The van der Waals surface area contributed by atoms with Gasteiger partial charge in [-0.15, -0.1) is 0 Å². The topological polar surface area (TPSA) is 113 Å². The highest BCUT2D eigenvalue weighted by Gasteiger charge is 2.43. The predicted molar refractivity (Wildman–Crippen MR) is 104 cm³/mol. The fraction of sp³-hybridized carbons (Fsp3) is 0.222. The summed E-state index contributed by atoms with van der Waals surface area (Å²) in [5.74, 6) is -3.17. The zero-order chi connectivity index (χ0) is 20.3. The second kappa shape index (κ2) is 8.44. The van der Waals surface area contributed by atoms with E-state index in [0.717, 1.165) is 28.7 Å². The molecule has 1 atom stereocenters. The van der Waals surface area contributed by atoms with Gasteiger partial charge in [0.2, 0.25) is 0 Å². The molecule has 2 aliphatic heterocycles. The van der Waals surface area contributed by atoms with Crippen molar-refractivity contribution < 1.29 is 34.1 Å². The molecule has 1 amide bonds. The lowest BCUT2D eigenvalue weighted by Gasteiger charge is -2.22. The van der Waals surface area contributed by atoms with E-state index < -0.39 is 30.3 Å². The van der Waals surface area contributed by atoms with E-state index in [4.69, 9.17) is 26.8 Å². The Kier molecular flexibility index (Phi) is 6.00. The number of carbonyl (C=O) groups excluding carboxylic acids is 1. The fourth-order valence-electron chi connectivity index (χ4n) is 2.86. The van der Waals surface area contributed by atoms with Crippen molar-refractivity contribution in [2.45, 2.75) is 25.3 Å². The average Bonchev–Trinajstić information content (AvgIpc) is 2.95. The molecule has 1 aliphatic carbocycles. The van der Waals surface area contributed by atoms with Crippen LogP contribution >= 0.6 is 24.0 Å². The van der Waals surface area contributed by atoms with Gasteiger partial charge in [-0.2, -0.15) is 0 Å². The van der Waals surface area contributed by atoms with Gasteiger partial charge in [0.25, 0.3) is 5.91 Å². The number of allylic oxidation sites excluding steroid dienone is 4. The monoisotopic (exact) mass is 421 g/mol. The van der Waals surface area contributed by atoms with Gasteiger partial charge in [-0.1, -0.05) is 42.2 Å². The highest BCUT2D eigenvalue weighted by atomic mass is 32.2. The van der Waals surface area contributed by atoms with Crippen LogP contribution in [0.25, 0.3) is 0 Å². The molecule has 10 heteroatoms. The van der Waals surface area contributed by atoms with Crippen LogP contribution in [-0.2, 0) is 23.9 Å². The number of nitrogens with zero attached hydrogens (tertiary/aromatic N) is 1. The Labute approximate surface area is 169 Å². The molecule has 0 aromatic heterocycles. The van der Waals surface area contributed by atoms with E-state index in [1.807, 2.05) is 18.2 Å². The summed E-state index contributed by atoms with van der Waals surface area (Å²) in [5.41, 5.74) is 1.26. The summed E-state index contributed by atoms with van der Waals surface area (Å²) in [4.78, 5) is 36.7. The van der Waals surface area contributed by atoms with E-state index in [1.54, 1.807) is 0 Å². The Morgan fingerprint density at radius 2 is 2.11 bits per heavy atom. The Morgan fingerprint density at radius 3 is 2.68 bits per heavy atom. The summed E-state index contributed by atoms with van der Waals surface area (Å²) in [6, 6.07) is -1.60. The Hall–Kier alpha value is -2.85. The van der Waals surface area contributed by atoms with Crippen LogP contribution in [0.4, 0.5) is 0 Å². The van der Waals surface area contributed by atoms with E-state index in [1.165, 1.54) is 18.8 Å². The van der Waals surface area contributed by atoms with Gasteiger partial charge in [0, 0.05) is 5.57 Å². The second-order valence-corrected chi connectivity index (χ2v) is 7.51. The molecule has 1 fully saturated rings. The zero-order valence-corrected chi connectivity index (χ0v) is 16.0. The summed E-state index contributed by atoms with van der Waals surface area (Å²) >= 11 is 6.12. The largest absolute Gasteiger partial charge is 0.481 e. The Morgan fingerprint density at radius 1 is 1.32 bits per heavy atom. The summed E-state index contributed by atoms with van der Waals surface area (Å²) in [6.45, 7) is 0. The maximum absolute atomic E-state index is 13.1. The van der Waals surface area contributed by atoms with Crippen molar-refractivity contribution in [1.29, 1.82) is 0 Å². The third-order valence-electron chi connectivity index (χ3n) is 4.08.